The number of piperidine rings is 1. The van der Waals surface area contributed by atoms with Crippen LogP contribution in [0.2, 0.25) is 0 Å². The van der Waals surface area contributed by atoms with Crippen molar-refractivity contribution in [2.75, 3.05) is 13.1 Å². The highest BCUT2D eigenvalue weighted by Crippen LogP contribution is 2.33. The molecule has 2 fully saturated rings. The van der Waals surface area contributed by atoms with E-state index in [1.165, 1.54) is 12.6 Å². The number of aryl methyl sites for hydroxylation is 1. The number of hydrogen-bond acceptors (Lipinski definition) is 3. The summed E-state index contributed by atoms with van der Waals surface area (Å²) in [5, 5.41) is 7.27. The van der Waals surface area contributed by atoms with E-state index in [0.29, 0.717) is 5.92 Å². The van der Waals surface area contributed by atoms with Gasteiger partial charge in [0.25, 0.3) is 0 Å². The number of carbonyl (C=O) groups excluding carboxylic acids is 2. The van der Waals surface area contributed by atoms with Crippen LogP contribution in [0.3, 0.4) is 0 Å². The fourth-order valence-electron chi connectivity index (χ4n) is 4.37. The van der Waals surface area contributed by atoms with Crippen molar-refractivity contribution < 1.29 is 9.59 Å². The first kappa shape index (κ1) is 17.0. The molecule has 3 rings (SSSR count). The Balaban J connectivity index is 1.77. The maximum atomic E-state index is 13.3. The van der Waals surface area contributed by atoms with Crippen LogP contribution >= 0.6 is 0 Å². The molecule has 1 atom stereocenters. The van der Waals surface area contributed by atoms with Gasteiger partial charge < -0.3 is 10.2 Å². The molecule has 0 radical (unpaired) electrons. The van der Waals surface area contributed by atoms with Gasteiger partial charge in [0.05, 0.1) is 0 Å². The Morgan fingerprint density at radius 2 is 2.00 bits per heavy atom. The summed E-state index contributed by atoms with van der Waals surface area (Å²) in [5.41, 5.74) is 0.503. The van der Waals surface area contributed by atoms with Crippen molar-refractivity contribution in [3.05, 3.63) is 18.0 Å². The third-order valence-electron chi connectivity index (χ3n) is 5.52. The van der Waals surface area contributed by atoms with E-state index in [4.69, 9.17) is 0 Å². The number of amides is 2. The summed E-state index contributed by atoms with van der Waals surface area (Å²) in [6, 6.07) is 2.04. The molecule has 2 heterocycles. The minimum atomic E-state index is -0.682. The highest BCUT2D eigenvalue weighted by atomic mass is 16.2. The fourth-order valence-corrected chi connectivity index (χ4v) is 4.37. The Labute approximate surface area is 143 Å². The molecule has 1 aliphatic heterocycles. The maximum absolute atomic E-state index is 13.3. The van der Waals surface area contributed by atoms with Gasteiger partial charge in [-0.25, -0.2) is 0 Å². The van der Waals surface area contributed by atoms with Gasteiger partial charge in [-0.05, 0) is 31.7 Å². The summed E-state index contributed by atoms with van der Waals surface area (Å²) in [6.45, 7) is 3.02. The lowest BCUT2D eigenvalue weighted by Crippen LogP contribution is -2.61. The van der Waals surface area contributed by atoms with Crippen molar-refractivity contribution in [3.63, 3.8) is 0 Å². The smallest absolute Gasteiger partial charge is 0.248 e. The maximum Gasteiger partial charge on any atom is 0.248 e. The first-order valence-electron chi connectivity index (χ1n) is 9.08. The van der Waals surface area contributed by atoms with Crippen molar-refractivity contribution in [2.45, 2.75) is 63.3 Å². The van der Waals surface area contributed by atoms with Crippen LogP contribution in [0.1, 0.15) is 63.5 Å². The second-order valence-corrected chi connectivity index (χ2v) is 7.29. The quantitative estimate of drug-likeness (QED) is 0.920. The molecule has 1 saturated heterocycles. The van der Waals surface area contributed by atoms with E-state index in [9.17, 15) is 9.59 Å². The molecule has 1 aromatic heterocycles. The van der Waals surface area contributed by atoms with Crippen molar-refractivity contribution in [1.29, 1.82) is 0 Å². The largest absolute Gasteiger partial charge is 0.342 e. The molecule has 6 nitrogen and oxygen atoms in total. The Hall–Kier alpha value is -1.85. The fraction of sp³-hybridized carbons (Fsp3) is 0.722. The molecule has 132 valence electrons. The SMILES string of the molecule is CC(=O)NC1(C(=O)N2CCCC(c3ccnn3C)C2)CCCCC1. The molecule has 6 heteroatoms. The van der Waals surface area contributed by atoms with Crippen LogP contribution in [0.15, 0.2) is 12.3 Å². The van der Waals surface area contributed by atoms with Gasteiger partial charge in [-0.2, -0.15) is 5.10 Å². The Kier molecular flexibility index (Phi) is 4.92. The van der Waals surface area contributed by atoms with Gasteiger partial charge in [-0.3, -0.25) is 14.3 Å². The first-order valence-corrected chi connectivity index (χ1v) is 9.08. The molecule has 0 spiro atoms. The van der Waals surface area contributed by atoms with E-state index in [1.54, 1.807) is 0 Å². The lowest BCUT2D eigenvalue weighted by Gasteiger charge is -2.42. The summed E-state index contributed by atoms with van der Waals surface area (Å²) in [5.74, 6) is 0.336. The highest BCUT2D eigenvalue weighted by Gasteiger charge is 2.43. The molecule has 24 heavy (non-hydrogen) atoms. The van der Waals surface area contributed by atoms with Crippen LogP contribution in [0.5, 0.6) is 0 Å². The first-order chi connectivity index (χ1) is 11.5. The van der Waals surface area contributed by atoms with Gasteiger partial charge in [0.2, 0.25) is 11.8 Å². The molecule has 1 N–H and O–H groups in total. The zero-order chi connectivity index (χ0) is 17.2. The minimum absolute atomic E-state index is 0.106. The molecular weight excluding hydrogens is 304 g/mol. The Bertz CT molecular complexity index is 604. The standard InChI is InChI=1S/C18H28N4O2/c1-14(23)20-18(9-4-3-5-10-18)17(24)22-12-6-7-15(13-22)16-8-11-19-21(16)2/h8,11,15H,3-7,9-10,12-13H2,1-2H3,(H,20,23). The molecule has 1 saturated carbocycles. The van der Waals surface area contributed by atoms with Crippen LogP contribution < -0.4 is 5.32 Å². The third-order valence-corrected chi connectivity index (χ3v) is 5.52. The second kappa shape index (κ2) is 6.95. The summed E-state index contributed by atoms with van der Waals surface area (Å²) < 4.78 is 1.91. The van der Waals surface area contributed by atoms with Crippen LogP contribution in [0.4, 0.5) is 0 Å². The third kappa shape index (κ3) is 3.32. The van der Waals surface area contributed by atoms with Crippen molar-refractivity contribution in [1.82, 2.24) is 20.0 Å². The zero-order valence-corrected chi connectivity index (χ0v) is 14.8. The highest BCUT2D eigenvalue weighted by molar-refractivity contribution is 5.91. The van der Waals surface area contributed by atoms with Gasteiger partial charge in [-0.15, -0.1) is 0 Å². The molecule has 2 amide bonds. The van der Waals surface area contributed by atoms with Gasteiger partial charge in [0.1, 0.15) is 5.54 Å². The summed E-state index contributed by atoms with van der Waals surface area (Å²) in [6.07, 6.45) is 8.57. The minimum Gasteiger partial charge on any atom is -0.342 e. The van der Waals surface area contributed by atoms with E-state index in [1.807, 2.05) is 28.9 Å². The molecular formula is C18H28N4O2. The van der Waals surface area contributed by atoms with Gasteiger partial charge in [0.15, 0.2) is 0 Å². The molecule has 0 aromatic carbocycles. The number of nitrogens with one attached hydrogen (secondary N) is 1. The summed E-state index contributed by atoms with van der Waals surface area (Å²) in [7, 11) is 1.95. The predicted molar refractivity (Wildman–Crippen MR) is 91.4 cm³/mol. The average Bonchev–Trinajstić information content (AvgIpc) is 3.00. The van der Waals surface area contributed by atoms with E-state index in [2.05, 4.69) is 10.4 Å². The van der Waals surface area contributed by atoms with Crippen LogP contribution in [0, 0.1) is 0 Å². The molecule has 1 aliphatic carbocycles. The van der Waals surface area contributed by atoms with Crippen molar-refractivity contribution >= 4 is 11.8 Å². The van der Waals surface area contributed by atoms with E-state index in [-0.39, 0.29) is 11.8 Å². The number of hydrogen-bond donors (Lipinski definition) is 1. The second-order valence-electron chi connectivity index (χ2n) is 7.29. The number of rotatable bonds is 3. The Morgan fingerprint density at radius 3 is 2.62 bits per heavy atom. The van der Waals surface area contributed by atoms with Crippen LogP contribution in [-0.2, 0) is 16.6 Å². The lowest BCUT2D eigenvalue weighted by molar-refractivity contribution is -0.144. The normalized spacial score (nSPS) is 23.8. The number of carbonyl (C=O) groups is 2. The Morgan fingerprint density at radius 1 is 1.25 bits per heavy atom. The van der Waals surface area contributed by atoms with Crippen LogP contribution in [0.25, 0.3) is 0 Å². The monoisotopic (exact) mass is 332 g/mol. The van der Waals surface area contributed by atoms with Gasteiger partial charge in [-0.1, -0.05) is 19.3 Å². The number of nitrogens with zero attached hydrogens (tertiary/aromatic N) is 3. The predicted octanol–water partition coefficient (Wildman–Crippen LogP) is 1.97. The number of aromatic nitrogens is 2. The van der Waals surface area contributed by atoms with Crippen LogP contribution in [-0.4, -0.2) is 45.1 Å². The van der Waals surface area contributed by atoms with E-state index < -0.39 is 5.54 Å². The molecule has 0 bridgehead atoms. The van der Waals surface area contributed by atoms with Gasteiger partial charge >= 0.3 is 0 Å². The van der Waals surface area contributed by atoms with Gasteiger partial charge in [0, 0.05) is 44.9 Å². The van der Waals surface area contributed by atoms with E-state index >= 15 is 0 Å². The molecule has 2 aliphatic rings. The lowest BCUT2D eigenvalue weighted by atomic mass is 9.79. The number of likely N-dealkylation sites (tertiary alicyclic amines) is 1. The van der Waals surface area contributed by atoms with Crippen molar-refractivity contribution in [2.24, 2.45) is 7.05 Å². The summed E-state index contributed by atoms with van der Waals surface area (Å²) in [4.78, 5) is 27.0. The van der Waals surface area contributed by atoms with Crippen molar-refractivity contribution in [3.8, 4) is 0 Å². The molecule has 1 unspecified atom stereocenters. The average molecular weight is 332 g/mol. The molecule has 1 aromatic rings. The topological polar surface area (TPSA) is 67.2 Å². The summed E-state index contributed by atoms with van der Waals surface area (Å²) >= 11 is 0. The zero-order valence-electron chi connectivity index (χ0n) is 14.8. The van der Waals surface area contributed by atoms with E-state index in [0.717, 1.165) is 58.0 Å².